The van der Waals surface area contributed by atoms with E-state index >= 15 is 0 Å². The number of carboxylic acid groups (broad SMARTS) is 1. The number of amides is 2. The van der Waals surface area contributed by atoms with Crippen LogP contribution in [-0.4, -0.2) is 50.8 Å². The lowest BCUT2D eigenvalue weighted by molar-refractivity contribution is -0.255. The summed E-state index contributed by atoms with van der Waals surface area (Å²) in [4.78, 5) is 50.3. The molecule has 1 heterocycles. The number of halogens is 2. The monoisotopic (exact) mass is 499 g/mol. The van der Waals surface area contributed by atoms with Gasteiger partial charge >= 0.3 is 0 Å². The van der Waals surface area contributed by atoms with Gasteiger partial charge in [0.15, 0.2) is 5.78 Å². The average Bonchev–Trinajstić information content (AvgIpc) is 3.59. The summed E-state index contributed by atoms with van der Waals surface area (Å²) in [6.45, 7) is 0.744. The highest BCUT2D eigenvalue weighted by molar-refractivity contribution is 6.30. The molecule has 0 spiro atoms. The first kappa shape index (κ1) is 24.3. The number of Topliss-reactive ketones (excluding diaryl/α,β-unsaturated/α-hetero) is 1. The van der Waals surface area contributed by atoms with Gasteiger partial charge in [-0.1, -0.05) is 29.8 Å². The minimum Gasteiger partial charge on any atom is -0.545 e. The molecule has 0 radical (unpaired) electrons. The number of nitrogens with zero attached hydrogens (tertiary/aromatic N) is 3. The molecule has 35 heavy (non-hydrogen) atoms. The Morgan fingerprint density at radius 1 is 1.23 bits per heavy atom. The molecule has 11 heteroatoms. The minimum atomic E-state index is -1.39. The van der Waals surface area contributed by atoms with Crippen LogP contribution in [0.2, 0.25) is 5.02 Å². The van der Waals surface area contributed by atoms with Crippen LogP contribution < -0.4 is 10.4 Å². The number of hydrogen-bond donors (Lipinski definition) is 1. The van der Waals surface area contributed by atoms with E-state index in [1.165, 1.54) is 46.8 Å². The first-order valence-electron chi connectivity index (χ1n) is 10.9. The van der Waals surface area contributed by atoms with E-state index in [0.29, 0.717) is 10.9 Å². The minimum absolute atomic E-state index is 0.0372. The maximum atomic E-state index is 14.1. The largest absolute Gasteiger partial charge is 0.545 e. The number of fused-ring (bicyclic) bond motifs is 1. The van der Waals surface area contributed by atoms with Crippen molar-refractivity contribution in [1.29, 1.82) is 0 Å². The van der Waals surface area contributed by atoms with Crippen molar-refractivity contribution in [2.24, 2.45) is 0 Å². The standard InChI is InChI=1S/C24H22ClFN4O5/c1-13(31)23-17-9-14(24(34)35)5-8-19(17)30(28-23)12-21(33)29(16-6-7-16)11-20(32)27-10-15-3-2-4-18(25)22(15)26/h2-5,8-9,16H,6-7,10-12H2,1H3,(H,27,32)(H,34,35)/p-1. The molecule has 1 aliphatic rings. The zero-order valence-electron chi connectivity index (χ0n) is 18.7. The number of carboxylic acids is 1. The number of aromatic nitrogens is 2. The van der Waals surface area contributed by atoms with Crippen molar-refractivity contribution in [1.82, 2.24) is 20.0 Å². The van der Waals surface area contributed by atoms with Crippen molar-refractivity contribution >= 4 is 46.1 Å². The van der Waals surface area contributed by atoms with Gasteiger partial charge in [-0.2, -0.15) is 5.10 Å². The Hall–Kier alpha value is -3.79. The summed E-state index contributed by atoms with van der Waals surface area (Å²) in [6, 6.07) is 8.45. The molecule has 1 fully saturated rings. The van der Waals surface area contributed by atoms with E-state index < -0.39 is 17.7 Å². The molecule has 9 nitrogen and oxygen atoms in total. The molecule has 2 aromatic carbocycles. The van der Waals surface area contributed by atoms with E-state index in [1.807, 2.05) is 0 Å². The number of rotatable bonds is 9. The SMILES string of the molecule is CC(=O)c1nn(CC(=O)N(CC(=O)NCc2cccc(Cl)c2F)C2CC2)c2ccc(C(=O)[O-])cc12. The number of hydrogen-bond acceptors (Lipinski definition) is 6. The maximum absolute atomic E-state index is 14.1. The van der Waals surface area contributed by atoms with Gasteiger partial charge in [0, 0.05) is 30.5 Å². The van der Waals surface area contributed by atoms with Gasteiger partial charge in [0.25, 0.3) is 0 Å². The molecule has 4 rings (SSSR count). The van der Waals surface area contributed by atoms with Crippen molar-refractivity contribution in [3.63, 3.8) is 0 Å². The van der Waals surface area contributed by atoms with Gasteiger partial charge in [-0.3, -0.25) is 19.1 Å². The first-order valence-corrected chi connectivity index (χ1v) is 11.3. The van der Waals surface area contributed by atoms with Crippen LogP contribution in [0.3, 0.4) is 0 Å². The van der Waals surface area contributed by atoms with Crippen LogP contribution in [0.25, 0.3) is 10.9 Å². The van der Waals surface area contributed by atoms with E-state index in [9.17, 15) is 28.7 Å². The highest BCUT2D eigenvalue weighted by atomic mass is 35.5. The number of carbonyl (C=O) groups excluding carboxylic acids is 4. The molecule has 1 N–H and O–H groups in total. The third-order valence-electron chi connectivity index (χ3n) is 5.73. The molecule has 0 unspecified atom stereocenters. The lowest BCUT2D eigenvalue weighted by atomic mass is 10.1. The Morgan fingerprint density at radius 2 is 1.97 bits per heavy atom. The van der Waals surface area contributed by atoms with E-state index in [0.717, 1.165) is 12.8 Å². The average molecular weight is 500 g/mol. The van der Waals surface area contributed by atoms with Crippen LogP contribution >= 0.6 is 11.6 Å². The second-order valence-corrected chi connectivity index (χ2v) is 8.73. The summed E-state index contributed by atoms with van der Waals surface area (Å²) in [6.07, 6.45) is 1.49. The fraction of sp³-hybridized carbons (Fsp3) is 0.292. The topological polar surface area (TPSA) is 124 Å². The molecule has 0 atom stereocenters. The van der Waals surface area contributed by atoms with Crippen LogP contribution in [-0.2, 0) is 22.7 Å². The quantitative estimate of drug-likeness (QED) is 0.447. The van der Waals surface area contributed by atoms with Crippen molar-refractivity contribution < 1.29 is 28.7 Å². The Balaban J connectivity index is 1.49. The number of ketones is 1. The van der Waals surface area contributed by atoms with E-state index in [4.69, 9.17) is 11.6 Å². The highest BCUT2D eigenvalue weighted by Crippen LogP contribution is 2.28. The fourth-order valence-corrected chi connectivity index (χ4v) is 4.00. The number of nitrogens with one attached hydrogen (secondary N) is 1. The second-order valence-electron chi connectivity index (χ2n) is 8.32. The summed E-state index contributed by atoms with van der Waals surface area (Å²) in [7, 11) is 0. The molecule has 2 amide bonds. The molecular weight excluding hydrogens is 479 g/mol. The number of carbonyl (C=O) groups is 4. The molecule has 0 bridgehead atoms. The lowest BCUT2D eigenvalue weighted by Gasteiger charge is -2.22. The Morgan fingerprint density at radius 3 is 2.63 bits per heavy atom. The fourth-order valence-electron chi connectivity index (χ4n) is 3.80. The van der Waals surface area contributed by atoms with Gasteiger partial charge in [0.05, 0.1) is 23.1 Å². The van der Waals surface area contributed by atoms with Gasteiger partial charge in [-0.05, 0) is 36.6 Å². The lowest BCUT2D eigenvalue weighted by Crippen LogP contribution is -2.43. The molecule has 0 saturated heterocycles. The number of aromatic carboxylic acids is 1. The third kappa shape index (κ3) is 5.32. The first-order chi connectivity index (χ1) is 16.7. The zero-order valence-corrected chi connectivity index (χ0v) is 19.5. The summed E-state index contributed by atoms with van der Waals surface area (Å²) >= 11 is 5.77. The summed E-state index contributed by atoms with van der Waals surface area (Å²) in [5.74, 6) is -3.24. The van der Waals surface area contributed by atoms with Crippen LogP contribution in [0.15, 0.2) is 36.4 Å². The highest BCUT2D eigenvalue weighted by Gasteiger charge is 2.34. The van der Waals surface area contributed by atoms with Gasteiger partial charge in [-0.25, -0.2) is 4.39 Å². The van der Waals surface area contributed by atoms with Crippen LogP contribution in [0, 0.1) is 5.82 Å². The molecule has 3 aromatic rings. The molecule has 182 valence electrons. The smallest absolute Gasteiger partial charge is 0.245 e. The molecule has 0 aliphatic heterocycles. The van der Waals surface area contributed by atoms with Crippen LogP contribution in [0.1, 0.15) is 46.2 Å². The molecule has 1 aromatic heterocycles. The summed E-state index contributed by atoms with van der Waals surface area (Å²) in [5, 5.41) is 18.3. The second kappa shape index (κ2) is 9.83. The zero-order chi connectivity index (χ0) is 25.3. The Labute approximate surface area is 204 Å². The Bertz CT molecular complexity index is 1350. The van der Waals surface area contributed by atoms with Crippen molar-refractivity contribution in [2.75, 3.05) is 6.54 Å². The van der Waals surface area contributed by atoms with Crippen molar-refractivity contribution in [2.45, 2.75) is 38.9 Å². The summed E-state index contributed by atoms with van der Waals surface area (Å²) in [5.41, 5.74) is 0.560. The molecule has 1 saturated carbocycles. The Kier molecular flexibility index (Phi) is 6.83. The number of benzene rings is 2. The van der Waals surface area contributed by atoms with E-state index in [2.05, 4.69) is 10.4 Å². The molecule has 1 aliphatic carbocycles. The normalized spacial score (nSPS) is 13.0. The summed E-state index contributed by atoms with van der Waals surface area (Å²) < 4.78 is 15.4. The molecular formula is C24H21ClFN4O5-. The van der Waals surface area contributed by atoms with E-state index in [-0.39, 0.29) is 59.2 Å². The van der Waals surface area contributed by atoms with Gasteiger partial charge in [0.2, 0.25) is 11.8 Å². The van der Waals surface area contributed by atoms with Crippen molar-refractivity contribution in [3.05, 3.63) is 64.1 Å². The maximum Gasteiger partial charge on any atom is 0.245 e. The van der Waals surface area contributed by atoms with Gasteiger partial charge in [0.1, 0.15) is 18.1 Å². The van der Waals surface area contributed by atoms with E-state index in [1.54, 1.807) is 6.07 Å². The predicted octanol–water partition coefficient (Wildman–Crippen LogP) is 1.70. The van der Waals surface area contributed by atoms with Crippen LogP contribution in [0.5, 0.6) is 0 Å². The van der Waals surface area contributed by atoms with Gasteiger partial charge < -0.3 is 20.1 Å². The van der Waals surface area contributed by atoms with Gasteiger partial charge in [-0.15, -0.1) is 0 Å². The predicted molar refractivity (Wildman–Crippen MR) is 122 cm³/mol. The third-order valence-corrected chi connectivity index (χ3v) is 6.03. The van der Waals surface area contributed by atoms with Crippen molar-refractivity contribution in [3.8, 4) is 0 Å². The van der Waals surface area contributed by atoms with Crippen LogP contribution in [0.4, 0.5) is 4.39 Å².